The number of hydrogen-bond donors (Lipinski definition) is 2. The number of nitrogens with zero attached hydrogens (tertiary/aromatic N) is 4. The van der Waals surface area contributed by atoms with Crippen LogP contribution in [0.1, 0.15) is 52.7 Å². The molecule has 2 fully saturated rings. The molecule has 210 valence electrons. The quantitative estimate of drug-likeness (QED) is 0.419. The molecule has 0 radical (unpaired) electrons. The van der Waals surface area contributed by atoms with Gasteiger partial charge >= 0.3 is 6.09 Å². The Balaban J connectivity index is 1.09. The molecule has 3 aromatic rings. The Kier molecular flexibility index (Phi) is 7.42. The topological polar surface area (TPSA) is 91.7 Å². The Hall–Kier alpha value is -3.56. The van der Waals surface area contributed by atoms with Gasteiger partial charge in [-0.1, -0.05) is 17.7 Å². The fraction of sp³-hybridized carbons (Fsp3) is 0.433. The van der Waals surface area contributed by atoms with Crippen molar-refractivity contribution in [3.05, 3.63) is 69.9 Å². The van der Waals surface area contributed by atoms with E-state index >= 15 is 0 Å². The van der Waals surface area contributed by atoms with Crippen LogP contribution < -0.4 is 15.5 Å². The molecule has 1 saturated carbocycles. The Morgan fingerprint density at radius 3 is 2.67 bits per heavy atom. The number of anilines is 3. The van der Waals surface area contributed by atoms with Crippen LogP contribution in [0, 0.1) is 12.8 Å². The molecule has 0 atom stereocenters. The van der Waals surface area contributed by atoms with Gasteiger partial charge in [0.15, 0.2) is 0 Å². The van der Waals surface area contributed by atoms with E-state index in [2.05, 4.69) is 20.6 Å². The van der Waals surface area contributed by atoms with Gasteiger partial charge < -0.3 is 25.2 Å². The van der Waals surface area contributed by atoms with Crippen LogP contribution >= 0.6 is 11.6 Å². The SMILES string of the molecule is Cc1cc(C(=O)N2Cc3cnn(C)c3Nc3cc(Cl)ccc32)ccc1CNC(=O)OC1CCN(CC2CC2)CC1. The first-order valence-corrected chi connectivity index (χ1v) is 14.4. The first-order valence-electron chi connectivity index (χ1n) is 14.0. The Labute approximate surface area is 239 Å². The number of hydrogen-bond acceptors (Lipinski definition) is 6. The van der Waals surface area contributed by atoms with E-state index in [1.807, 2.05) is 44.3 Å². The lowest BCUT2D eigenvalue weighted by molar-refractivity contribution is 0.0493. The predicted molar refractivity (Wildman–Crippen MR) is 155 cm³/mol. The molecule has 2 aliphatic heterocycles. The van der Waals surface area contributed by atoms with E-state index in [0.717, 1.165) is 65.7 Å². The average molecular weight is 563 g/mol. The van der Waals surface area contributed by atoms with Gasteiger partial charge in [0.1, 0.15) is 11.9 Å². The molecule has 2 aromatic carbocycles. The molecule has 0 bridgehead atoms. The summed E-state index contributed by atoms with van der Waals surface area (Å²) in [4.78, 5) is 30.5. The number of carbonyl (C=O) groups is 2. The summed E-state index contributed by atoms with van der Waals surface area (Å²) >= 11 is 6.28. The smallest absolute Gasteiger partial charge is 0.407 e. The average Bonchev–Trinajstić information content (AvgIpc) is 3.72. The number of nitrogens with one attached hydrogen (secondary N) is 2. The van der Waals surface area contributed by atoms with E-state index in [1.165, 1.54) is 19.4 Å². The summed E-state index contributed by atoms with van der Waals surface area (Å²) in [6, 6.07) is 11.0. The Bertz CT molecular complexity index is 1430. The lowest BCUT2D eigenvalue weighted by Crippen LogP contribution is -2.40. The third-order valence-corrected chi connectivity index (χ3v) is 8.36. The zero-order valence-corrected chi connectivity index (χ0v) is 23.7. The fourth-order valence-corrected chi connectivity index (χ4v) is 5.76. The third-order valence-electron chi connectivity index (χ3n) is 8.12. The number of aryl methyl sites for hydroxylation is 2. The third kappa shape index (κ3) is 5.81. The molecular weight excluding hydrogens is 528 g/mol. The number of ether oxygens (including phenoxy) is 1. The van der Waals surface area contributed by atoms with Crippen LogP contribution in [0.15, 0.2) is 42.6 Å². The zero-order valence-electron chi connectivity index (χ0n) is 23.0. The number of benzene rings is 2. The van der Waals surface area contributed by atoms with Crippen LogP contribution in [0.2, 0.25) is 5.02 Å². The maximum atomic E-state index is 13.8. The molecule has 3 heterocycles. The highest BCUT2D eigenvalue weighted by atomic mass is 35.5. The van der Waals surface area contributed by atoms with Gasteiger partial charge in [-0.3, -0.25) is 9.48 Å². The van der Waals surface area contributed by atoms with Crippen molar-refractivity contribution < 1.29 is 14.3 Å². The second-order valence-corrected chi connectivity index (χ2v) is 11.6. The van der Waals surface area contributed by atoms with E-state index in [9.17, 15) is 9.59 Å². The van der Waals surface area contributed by atoms with Crippen LogP contribution in [-0.4, -0.2) is 52.4 Å². The monoisotopic (exact) mass is 562 g/mol. The van der Waals surface area contributed by atoms with Crippen LogP contribution in [0.5, 0.6) is 0 Å². The highest BCUT2D eigenvalue weighted by Gasteiger charge is 2.29. The van der Waals surface area contributed by atoms with Crippen molar-refractivity contribution in [2.45, 2.75) is 51.8 Å². The number of carbonyl (C=O) groups excluding carboxylic acids is 2. The number of alkyl carbamates (subject to hydrolysis) is 1. The minimum absolute atomic E-state index is 0.0299. The van der Waals surface area contributed by atoms with Gasteiger partial charge in [-0.15, -0.1) is 0 Å². The summed E-state index contributed by atoms with van der Waals surface area (Å²) in [6.45, 7) is 5.85. The van der Waals surface area contributed by atoms with Gasteiger partial charge in [-0.25, -0.2) is 4.79 Å². The van der Waals surface area contributed by atoms with Crippen molar-refractivity contribution in [3.63, 3.8) is 0 Å². The molecule has 2 N–H and O–H groups in total. The van der Waals surface area contributed by atoms with Crippen molar-refractivity contribution in [1.29, 1.82) is 0 Å². The molecule has 10 heteroatoms. The summed E-state index contributed by atoms with van der Waals surface area (Å²) in [7, 11) is 1.86. The minimum Gasteiger partial charge on any atom is -0.446 e. The van der Waals surface area contributed by atoms with E-state index < -0.39 is 0 Å². The molecule has 3 aliphatic rings. The van der Waals surface area contributed by atoms with E-state index in [4.69, 9.17) is 16.3 Å². The summed E-state index contributed by atoms with van der Waals surface area (Å²) in [5.74, 6) is 1.58. The molecule has 1 aliphatic carbocycles. The maximum Gasteiger partial charge on any atom is 0.407 e. The van der Waals surface area contributed by atoms with Crippen LogP contribution in [0.4, 0.5) is 22.0 Å². The number of likely N-dealkylation sites (tertiary alicyclic amines) is 1. The van der Waals surface area contributed by atoms with Crippen molar-refractivity contribution in [1.82, 2.24) is 20.0 Å². The van der Waals surface area contributed by atoms with Gasteiger partial charge in [-0.05, 0) is 80.0 Å². The molecule has 6 rings (SSSR count). The molecule has 0 spiro atoms. The number of rotatable bonds is 6. The number of amides is 2. The number of fused-ring (bicyclic) bond motifs is 2. The lowest BCUT2D eigenvalue weighted by atomic mass is 10.0. The standard InChI is InChI=1S/C30H35ClN6O3/c1-19-13-21(5-6-22(19)15-32-30(39)40-25-9-11-36(12-10-25)17-20-3-4-20)29(38)37-18-23-16-33-35(2)28(23)34-26-14-24(31)7-8-27(26)37/h5-8,13-14,16,20,25,34H,3-4,9-12,15,17-18H2,1-2H3,(H,32,39). The Morgan fingerprint density at radius 1 is 1.12 bits per heavy atom. The van der Waals surface area contributed by atoms with E-state index in [-0.39, 0.29) is 18.1 Å². The normalized spacial score (nSPS) is 17.4. The summed E-state index contributed by atoms with van der Waals surface area (Å²) in [6.07, 6.45) is 5.84. The van der Waals surface area contributed by atoms with Gasteiger partial charge in [-0.2, -0.15) is 5.10 Å². The molecule has 9 nitrogen and oxygen atoms in total. The van der Waals surface area contributed by atoms with Gasteiger partial charge in [0, 0.05) is 49.4 Å². The number of piperidine rings is 1. The van der Waals surface area contributed by atoms with Crippen molar-refractivity contribution in [2.75, 3.05) is 29.9 Å². The molecule has 1 saturated heterocycles. The lowest BCUT2D eigenvalue weighted by Gasteiger charge is -2.31. The van der Waals surface area contributed by atoms with Gasteiger partial charge in [0.2, 0.25) is 0 Å². The largest absolute Gasteiger partial charge is 0.446 e. The van der Waals surface area contributed by atoms with Crippen molar-refractivity contribution in [2.24, 2.45) is 13.0 Å². The highest BCUT2D eigenvalue weighted by molar-refractivity contribution is 6.31. The second-order valence-electron chi connectivity index (χ2n) is 11.2. The molecular formula is C30H35ClN6O3. The van der Waals surface area contributed by atoms with Crippen LogP contribution in [0.3, 0.4) is 0 Å². The zero-order chi connectivity index (χ0) is 27.8. The minimum atomic E-state index is -0.389. The van der Waals surface area contributed by atoms with Crippen molar-refractivity contribution in [3.8, 4) is 0 Å². The first kappa shape index (κ1) is 26.7. The molecule has 0 unspecified atom stereocenters. The number of halogens is 1. The molecule has 2 amide bonds. The highest BCUT2D eigenvalue weighted by Crippen LogP contribution is 2.38. The maximum absolute atomic E-state index is 13.8. The van der Waals surface area contributed by atoms with Gasteiger partial charge in [0.25, 0.3) is 5.91 Å². The summed E-state index contributed by atoms with van der Waals surface area (Å²) in [5, 5.41) is 11.2. The molecule has 40 heavy (non-hydrogen) atoms. The van der Waals surface area contributed by atoms with Crippen LogP contribution in [0.25, 0.3) is 0 Å². The fourth-order valence-electron chi connectivity index (χ4n) is 5.59. The van der Waals surface area contributed by atoms with E-state index in [0.29, 0.717) is 23.7 Å². The van der Waals surface area contributed by atoms with Gasteiger partial charge in [0.05, 0.1) is 24.1 Å². The Morgan fingerprint density at radius 2 is 1.93 bits per heavy atom. The molecule has 1 aromatic heterocycles. The first-order chi connectivity index (χ1) is 19.3. The van der Waals surface area contributed by atoms with Crippen molar-refractivity contribution >= 4 is 40.8 Å². The number of aromatic nitrogens is 2. The summed E-state index contributed by atoms with van der Waals surface area (Å²) in [5.41, 5.74) is 4.82. The van der Waals surface area contributed by atoms with E-state index in [1.54, 1.807) is 21.8 Å². The predicted octanol–water partition coefficient (Wildman–Crippen LogP) is 5.39. The summed E-state index contributed by atoms with van der Waals surface area (Å²) < 4.78 is 7.44. The van der Waals surface area contributed by atoms with Crippen LogP contribution in [-0.2, 0) is 24.9 Å². The second kappa shape index (κ2) is 11.1.